The van der Waals surface area contributed by atoms with Crippen LogP contribution in [0.1, 0.15) is 11.1 Å². The van der Waals surface area contributed by atoms with E-state index in [1.54, 1.807) is 30.3 Å². The number of nitrogens with zero attached hydrogens (tertiary/aromatic N) is 1. The molecule has 2 rings (SSSR count). The molecule has 16 heavy (non-hydrogen) atoms. The van der Waals surface area contributed by atoms with E-state index in [4.69, 9.17) is 16.4 Å². The molecule has 1 aromatic carbocycles. The van der Waals surface area contributed by atoms with Crippen molar-refractivity contribution in [2.24, 2.45) is 5.73 Å². The van der Waals surface area contributed by atoms with Gasteiger partial charge in [0, 0.05) is 11.1 Å². The van der Waals surface area contributed by atoms with Crippen LogP contribution in [0.3, 0.4) is 0 Å². The summed E-state index contributed by atoms with van der Waals surface area (Å²) in [5.74, 6) is -0.630. The van der Waals surface area contributed by atoms with Crippen LogP contribution in [0.5, 0.6) is 0 Å². The van der Waals surface area contributed by atoms with Crippen molar-refractivity contribution in [1.29, 1.82) is 10.7 Å². The number of amides is 1. The van der Waals surface area contributed by atoms with Crippen molar-refractivity contribution in [1.82, 2.24) is 5.32 Å². The maximum absolute atomic E-state index is 11.1. The van der Waals surface area contributed by atoms with Gasteiger partial charge in [-0.1, -0.05) is 24.3 Å². The molecule has 1 aliphatic rings. The van der Waals surface area contributed by atoms with Gasteiger partial charge in [0.15, 0.2) is 0 Å². The van der Waals surface area contributed by atoms with Crippen LogP contribution in [0, 0.1) is 16.7 Å². The predicted molar refractivity (Wildman–Crippen MR) is 58.1 cm³/mol. The van der Waals surface area contributed by atoms with Crippen LogP contribution in [-0.2, 0) is 4.79 Å². The van der Waals surface area contributed by atoms with Crippen molar-refractivity contribution in [3.63, 3.8) is 0 Å². The standard InChI is InChI=1S/C11H8N4O/c12-5-8(11(14)16)9-6-3-1-2-4-7(6)10(13)15-9/h1-4H,(H2,13,15)(H2,14,16). The summed E-state index contributed by atoms with van der Waals surface area (Å²) in [5, 5.41) is 19.2. The Bertz CT molecular complexity index is 566. The van der Waals surface area contributed by atoms with Crippen LogP contribution in [0.4, 0.5) is 0 Å². The van der Waals surface area contributed by atoms with E-state index >= 15 is 0 Å². The molecule has 5 nitrogen and oxygen atoms in total. The summed E-state index contributed by atoms with van der Waals surface area (Å²) in [6.07, 6.45) is 0. The van der Waals surface area contributed by atoms with Crippen LogP contribution in [0.15, 0.2) is 29.8 Å². The number of carbonyl (C=O) groups excluding carboxylic acids is 1. The number of hydrogen-bond donors (Lipinski definition) is 3. The lowest BCUT2D eigenvalue weighted by Gasteiger charge is -2.01. The van der Waals surface area contributed by atoms with E-state index in [1.165, 1.54) is 0 Å². The maximum Gasteiger partial charge on any atom is 0.261 e. The Hall–Kier alpha value is -2.61. The molecule has 0 saturated carbocycles. The molecule has 0 bridgehead atoms. The molecule has 4 N–H and O–H groups in total. The zero-order valence-corrected chi connectivity index (χ0v) is 8.24. The lowest BCUT2D eigenvalue weighted by molar-refractivity contribution is -0.114. The fourth-order valence-corrected chi connectivity index (χ4v) is 1.61. The third kappa shape index (κ3) is 1.33. The molecule has 78 valence electrons. The molecule has 1 aromatic rings. The van der Waals surface area contributed by atoms with Gasteiger partial charge in [-0.25, -0.2) is 0 Å². The van der Waals surface area contributed by atoms with E-state index in [0.29, 0.717) is 16.8 Å². The van der Waals surface area contributed by atoms with E-state index in [1.807, 2.05) is 0 Å². The van der Waals surface area contributed by atoms with E-state index in [9.17, 15) is 4.79 Å². The van der Waals surface area contributed by atoms with Gasteiger partial charge in [-0.05, 0) is 0 Å². The first kappa shape index (κ1) is 9.93. The number of rotatable bonds is 1. The van der Waals surface area contributed by atoms with Crippen molar-refractivity contribution in [2.45, 2.75) is 0 Å². The van der Waals surface area contributed by atoms with E-state index in [-0.39, 0.29) is 11.4 Å². The molecule has 5 heteroatoms. The van der Waals surface area contributed by atoms with Gasteiger partial charge in [0.1, 0.15) is 17.5 Å². The van der Waals surface area contributed by atoms with Gasteiger partial charge in [0.05, 0.1) is 5.70 Å². The molecule has 0 aromatic heterocycles. The maximum atomic E-state index is 11.1. The minimum Gasteiger partial charge on any atom is -0.365 e. The highest BCUT2D eigenvalue weighted by Gasteiger charge is 2.25. The SMILES string of the molecule is N#CC(C(N)=O)=C1NC(=N)c2ccccc21. The molecule has 1 amide bonds. The minimum absolute atomic E-state index is 0.158. The summed E-state index contributed by atoms with van der Waals surface area (Å²) < 4.78 is 0. The number of nitrogens with one attached hydrogen (secondary N) is 2. The lowest BCUT2D eigenvalue weighted by atomic mass is 10.0. The van der Waals surface area contributed by atoms with Crippen LogP contribution < -0.4 is 11.1 Å². The number of benzene rings is 1. The van der Waals surface area contributed by atoms with Crippen molar-refractivity contribution < 1.29 is 4.79 Å². The average molecular weight is 212 g/mol. The zero-order chi connectivity index (χ0) is 11.7. The number of amidine groups is 1. The molecule has 0 saturated heterocycles. The second kappa shape index (κ2) is 3.51. The topological polar surface area (TPSA) is 103 Å². The summed E-state index contributed by atoms with van der Waals surface area (Å²) in [7, 11) is 0. The first-order chi connectivity index (χ1) is 7.65. The summed E-state index contributed by atoms with van der Waals surface area (Å²) in [6.45, 7) is 0. The monoisotopic (exact) mass is 212 g/mol. The molecule has 0 spiro atoms. The predicted octanol–water partition coefficient (Wildman–Crippen LogP) is 0.335. The highest BCUT2D eigenvalue weighted by molar-refractivity contribution is 6.16. The summed E-state index contributed by atoms with van der Waals surface area (Å²) >= 11 is 0. The minimum atomic E-state index is -0.797. The molecule has 0 atom stereocenters. The number of hydrogen-bond acceptors (Lipinski definition) is 3. The Morgan fingerprint density at radius 1 is 1.38 bits per heavy atom. The number of primary amides is 1. The number of nitrogens with two attached hydrogens (primary N) is 1. The van der Waals surface area contributed by atoms with Gasteiger partial charge in [-0.15, -0.1) is 0 Å². The quantitative estimate of drug-likeness (QED) is 0.461. The summed E-state index contributed by atoms with van der Waals surface area (Å²) in [6, 6.07) is 8.79. The largest absolute Gasteiger partial charge is 0.365 e. The fraction of sp³-hybridized carbons (Fsp3) is 0. The fourth-order valence-electron chi connectivity index (χ4n) is 1.61. The van der Waals surface area contributed by atoms with Gasteiger partial charge >= 0.3 is 0 Å². The Balaban J connectivity index is 2.70. The first-order valence-corrected chi connectivity index (χ1v) is 4.54. The molecule has 0 aliphatic carbocycles. The summed E-state index contributed by atoms with van der Waals surface area (Å²) in [5.41, 5.74) is 6.57. The van der Waals surface area contributed by atoms with Crippen LogP contribution >= 0.6 is 0 Å². The third-order valence-corrected chi connectivity index (χ3v) is 2.32. The van der Waals surface area contributed by atoms with Crippen LogP contribution in [0.2, 0.25) is 0 Å². The number of nitriles is 1. The Morgan fingerprint density at radius 3 is 2.56 bits per heavy atom. The molecule has 1 heterocycles. The van der Waals surface area contributed by atoms with E-state index in [2.05, 4.69) is 5.32 Å². The molecular weight excluding hydrogens is 204 g/mol. The Kier molecular flexibility index (Phi) is 2.18. The summed E-state index contributed by atoms with van der Waals surface area (Å²) in [4.78, 5) is 11.1. The van der Waals surface area contributed by atoms with Gasteiger partial charge in [0.25, 0.3) is 5.91 Å². The number of carbonyl (C=O) groups is 1. The highest BCUT2D eigenvalue weighted by atomic mass is 16.1. The van der Waals surface area contributed by atoms with Crippen molar-refractivity contribution in [3.8, 4) is 6.07 Å². The van der Waals surface area contributed by atoms with Crippen LogP contribution in [-0.4, -0.2) is 11.7 Å². The molecule has 0 unspecified atom stereocenters. The highest BCUT2D eigenvalue weighted by Crippen LogP contribution is 2.26. The second-order valence-corrected chi connectivity index (χ2v) is 3.27. The second-order valence-electron chi connectivity index (χ2n) is 3.27. The van der Waals surface area contributed by atoms with Gasteiger partial charge < -0.3 is 11.1 Å². The molecule has 0 radical (unpaired) electrons. The van der Waals surface area contributed by atoms with Crippen molar-refractivity contribution >= 4 is 17.4 Å². The normalized spacial score (nSPS) is 16.1. The van der Waals surface area contributed by atoms with Gasteiger partial charge in [-0.3, -0.25) is 10.2 Å². The van der Waals surface area contributed by atoms with Crippen molar-refractivity contribution in [3.05, 3.63) is 41.0 Å². The molecule has 0 fully saturated rings. The van der Waals surface area contributed by atoms with E-state index < -0.39 is 5.91 Å². The zero-order valence-electron chi connectivity index (χ0n) is 8.24. The number of fused-ring (bicyclic) bond motifs is 1. The Labute approximate surface area is 91.7 Å². The van der Waals surface area contributed by atoms with Crippen molar-refractivity contribution in [2.75, 3.05) is 0 Å². The molecular formula is C11H8N4O. The first-order valence-electron chi connectivity index (χ1n) is 4.54. The lowest BCUT2D eigenvalue weighted by Crippen LogP contribution is -2.20. The smallest absolute Gasteiger partial charge is 0.261 e. The van der Waals surface area contributed by atoms with E-state index in [0.717, 1.165) is 0 Å². The van der Waals surface area contributed by atoms with Crippen LogP contribution in [0.25, 0.3) is 5.70 Å². The van der Waals surface area contributed by atoms with Gasteiger partial charge in [0.2, 0.25) is 0 Å². The third-order valence-electron chi connectivity index (χ3n) is 2.32. The van der Waals surface area contributed by atoms with Gasteiger partial charge in [-0.2, -0.15) is 5.26 Å². The average Bonchev–Trinajstić information content (AvgIpc) is 2.58. The Morgan fingerprint density at radius 2 is 2.00 bits per heavy atom. The molecule has 1 aliphatic heterocycles.